The second kappa shape index (κ2) is 9.13. The van der Waals surface area contributed by atoms with E-state index in [4.69, 9.17) is 4.42 Å². The van der Waals surface area contributed by atoms with Crippen LogP contribution < -0.4 is 4.90 Å². The van der Waals surface area contributed by atoms with Crippen LogP contribution in [0.5, 0.6) is 5.75 Å². The van der Waals surface area contributed by atoms with Crippen LogP contribution in [0, 0.1) is 0 Å². The van der Waals surface area contributed by atoms with Crippen molar-refractivity contribution in [3.63, 3.8) is 0 Å². The molecule has 170 valence electrons. The highest BCUT2D eigenvalue weighted by atomic mass is 16.4. The van der Waals surface area contributed by atoms with E-state index in [9.17, 15) is 15.0 Å². The van der Waals surface area contributed by atoms with Gasteiger partial charge in [-0.25, -0.2) is 14.8 Å². The molecule has 0 spiro atoms. The van der Waals surface area contributed by atoms with Crippen molar-refractivity contribution in [3.8, 4) is 5.75 Å². The molecule has 9 nitrogen and oxygen atoms in total. The molecule has 0 aromatic carbocycles. The summed E-state index contributed by atoms with van der Waals surface area (Å²) < 4.78 is 5.91. The first-order valence-corrected chi connectivity index (χ1v) is 10.7. The first kappa shape index (κ1) is 22.0. The number of carboxylic acids is 1. The molecule has 2 N–H and O–H groups in total. The van der Waals surface area contributed by atoms with Crippen LogP contribution in [0.15, 0.2) is 27.7 Å². The molecule has 32 heavy (non-hydrogen) atoms. The van der Waals surface area contributed by atoms with Gasteiger partial charge in [0.15, 0.2) is 22.9 Å². The van der Waals surface area contributed by atoms with E-state index in [0.29, 0.717) is 30.5 Å². The van der Waals surface area contributed by atoms with Crippen LogP contribution in [0.3, 0.4) is 0 Å². The van der Waals surface area contributed by atoms with E-state index in [0.717, 1.165) is 31.5 Å². The minimum atomic E-state index is -1.21. The van der Waals surface area contributed by atoms with Crippen molar-refractivity contribution in [2.45, 2.75) is 18.9 Å². The Morgan fingerprint density at radius 2 is 2.03 bits per heavy atom. The van der Waals surface area contributed by atoms with Gasteiger partial charge in [-0.3, -0.25) is 0 Å². The first-order valence-electron chi connectivity index (χ1n) is 10.7. The first-order chi connectivity index (χ1) is 15.3. The molecule has 2 aromatic rings. The average Bonchev–Trinajstić information content (AvgIpc) is 3.33. The van der Waals surface area contributed by atoms with Crippen molar-refractivity contribution in [2.75, 3.05) is 52.2 Å². The number of likely N-dealkylation sites (N-methyl/N-ethyl adjacent to an activating group) is 2. The van der Waals surface area contributed by atoms with Crippen LogP contribution >= 0.6 is 0 Å². The van der Waals surface area contributed by atoms with Crippen LogP contribution in [-0.4, -0.2) is 90.5 Å². The Kier molecular flexibility index (Phi) is 6.29. The topological polar surface area (TPSA) is 106 Å². The number of pyridine rings is 1. The number of hydrogen-bond donors (Lipinski definition) is 2. The van der Waals surface area contributed by atoms with E-state index in [1.54, 1.807) is 24.6 Å². The van der Waals surface area contributed by atoms with Crippen LogP contribution in [0.25, 0.3) is 11.6 Å². The Morgan fingerprint density at radius 3 is 2.72 bits per heavy atom. The maximum Gasteiger partial charge on any atom is 0.345 e. The molecule has 2 aliphatic heterocycles. The molecule has 0 aliphatic carbocycles. The smallest absolute Gasteiger partial charge is 0.345 e. The van der Waals surface area contributed by atoms with Gasteiger partial charge in [0.05, 0.1) is 0 Å². The molecule has 2 aliphatic rings. The molecule has 4 heterocycles. The van der Waals surface area contributed by atoms with Crippen molar-refractivity contribution in [1.29, 1.82) is 0 Å². The molecule has 0 amide bonds. The summed E-state index contributed by atoms with van der Waals surface area (Å²) in [6.07, 6.45) is 6.70. The Morgan fingerprint density at radius 1 is 1.28 bits per heavy atom. The van der Waals surface area contributed by atoms with Gasteiger partial charge < -0.3 is 29.3 Å². The monoisotopic (exact) mass is 439 g/mol. The summed E-state index contributed by atoms with van der Waals surface area (Å²) in [5.41, 5.74) is 1.32. The second-order valence-corrected chi connectivity index (χ2v) is 8.53. The zero-order valence-electron chi connectivity index (χ0n) is 18.7. The van der Waals surface area contributed by atoms with Gasteiger partial charge in [-0.1, -0.05) is 0 Å². The van der Waals surface area contributed by atoms with E-state index in [1.165, 1.54) is 0 Å². The number of nitrogens with zero attached hydrogens (tertiary/aromatic N) is 5. The van der Waals surface area contributed by atoms with Gasteiger partial charge in [-0.2, -0.15) is 0 Å². The van der Waals surface area contributed by atoms with Gasteiger partial charge in [0.2, 0.25) is 5.88 Å². The number of aromatic hydroxyl groups is 1. The number of fused-ring (bicyclic) bond motifs is 1. The van der Waals surface area contributed by atoms with Crippen LogP contribution in [0.4, 0.5) is 11.7 Å². The molecule has 0 saturated carbocycles. The zero-order chi connectivity index (χ0) is 22.8. The number of aromatic nitrogens is 1. The highest BCUT2D eigenvalue weighted by molar-refractivity contribution is 6.21. The molecule has 4 rings (SSSR count). The largest absolute Gasteiger partial charge is 0.504 e. The van der Waals surface area contributed by atoms with Crippen LogP contribution in [0.2, 0.25) is 0 Å². The summed E-state index contributed by atoms with van der Waals surface area (Å²) in [4.78, 5) is 26.8. The van der Waals surface area contributed by atoms with E-state index in [2.05, 4.69) is 40.9 Å². The molecule has 9 heteroatoms. The summed E-state index contributed by atoms with van der Waals surface area (Å²) in [6.45, 7) is 3.30. The lowest BCUT2D eigenvalue weighted by Crippen LogP contribution is -2.45. The third-order valence-electron chi connectivity index (χ3n) is 6.09. The third kappa shape index (κ3) is 4.39. The number of aromatic carboxylic acids is 1. The SMILES string of the molecule is CN(C)CCN(C)C1CCN(c2oc(C=C3C=Nc4ncccc43)c(O)c2C(=O)O)CC1. The lowest BCUT2D eigenvalue weighted by atomic mass is 10.0. The maximum absolute atomic E-state index is 11.9. The number of furan rings is 1. The normalized spacial score (nSPS) is 17.7. The average molecular weight is 440 g/mol. The maximum atomic E-state index is 11.9. The molecule has 1 fully saturated rings. The molecule has 0 bridgehead atoms. The highest BCUT2D eigenvalue weighted by Gasteiger charge is 2.32. The summed E-state index contributed by atoms with van der Waals surface area (Å²) in [6, 6.07) is 4.11. The van der Waals surface area contributed by atoms with Gasteiger partial charge in [-0.05, 0) is 52.2 Å². The Bertz CT molecular complexity index is 1050. The zero-order valence-corrected chi connectivity index (χ0v) is 18.7. The Balaban J connectivity index is 1.54. The Hall–Kier alpha value is -3.17. The van der Waals surface area contributed by atoms with Crippen molar-refractivity contribution < 1.29 is 19.4 Å². The minimum Gasteiger partial charge on any atom is -0.504 e. The lowest BCUT2D eigenvalue weighted by Gasteiger charge is -2.37. The van der Waals surface area contributed by atoms with E-state index < -0.39 is 5.97 Å². The molecular weight excluding hydrogens is 410 g/mol. The summed E-state index contributed by atoms with van der Waals surface area (Å²) >= 11 is 0. The molecule has 2 aromatic heterocycles. The predicted octanol–water partition coefficient (Wildman–Crippen LogP) is 2.80. The quantitative estimate of drug-likeness (QED) is 0.679. The fourth-order valence-corrected chi connectivity index (χ4v) is 4.17. The molecular formula is C23H29N5O4. The number of aliphatic imine (C=N–C) groups is 1. The van der Waals surface area contributed by atoms with Gasteiger partial charge >= 0.3 is 5.97 Å². The molecule has 0 atom stereocenters. The van der Waals surface area contributed by atoms with Crippen molar-refractivity contribution in [3.05, 3.63) is 35.2 Å². The number of carboxylic acid groups (broad SMARTS) is 1. The summed E-state index contributed by atoms with van der Waals surface area (Å²) in [7, 11) is 6.25. The van der Waals surface area contributed by atoms with E-state index >= 15 is 0 Å². The van der Waals surface area contributed by atoms with Crippen LogP contribution in [0.1, 0.15) is 34.5 Å². The predicted molar refractivity (Wildman–Crippen MR) is 124 cm³/mol. The number of anilines is 1. The second-order valence-electron chi connectivity index (χ2n) is 8.53. The number of allylic oxidation sites excluding steroid dienone is 1. The number of piperidine rings is 1. The fourth-order valence-electron chi connectivity index (χ4n) is 4.17. The fraction of sp³-hybridized carbons (Fsp3) is 0.435. The van der Waals surface area contributed by atoms with E-state index in [1.807, 2.05) is 11.0 Å². The van der Waals surface area contributed by atoms with Gasteiger partial charge in [-0.15, -0.1) is 0 Å². The van der Waals surface area contributed by atoms with Crippen molar-refractivity contribution in [2.24, 2.45) is 4.99 Å². The highest BCUT2D eigenvalue weighted by Crippen LogP contribution is 2.40. The van der Waals surface area contributed by atoms with Gasteiger partial charge in [0.1, 0.15) is 0 Å². The van der Waals surface area contributed by atoms with Crippen LogP contribution in [-0.2, 0) is 0 Å². The van der Waals surface area contributed by atoms with Crippen molar-refractivity contribution in [1.82, 2.24) is 14.8 Å². The van der Waals surface area contributed by atoms with E-state index in [-0.39, 0.29) is 23.0 Å². The molecule has 0 unspecified atom stereocenters. The number of hydrogen-bond acceptors (Lipinski definition) is 8. The van der Waals surface area contributed by atoms with Gasteiger partial charge in [0.25, 0.3) is 0 Å². The van der Waals surface area contributed by atoms with Crippen molar-refractivity contribution >= 4 is 35.5 Å². The summed E-state index contributed by atoms with van der Waals surface area (Å²) in [5, 5.41) is 20.4. The molecule has 1 saturated heterocycles. The Labute approximate surface area is 187 Å². The summed E-state index contributed by atoms with van der Waals surface area (Å²) in [5.74, 6) is -0.670. The third-order valence-corrected chi connectivity index (χ3v) is 6.09. The minimum absolute atomic E-state index is 0.112. The number of carbonyl (C=O) groups is 1. The number of rotatable bonds is 7. The van der Waals surface area contributed by atoms with Gasteiger partial charge in [0, 0.05) is 55.8 Å². The lowest BCUT2D eigenvalue weighted by molar-refractivity contribution is 0.0694. The standard InChI is InChI=1S/C23H29N5O4/c1-26(2)11-12-27(3)16-6-9-28(10-7-16)22-19(23(30)31)20(29)18(32-22)13-15-14-25-21-17(15)5-4-8-24-21/h4-5,8,13-14,16,29H,6-7,9-12H2,1-3H3,(H,30,31). The molecule has 0 radical (unpaired) electrons.